The minimum absolute atomic E-state index is 0.0922. The number of pyridine rings is 2. The standard InChI is InChI=1S/C25H24ClN5O/c1-30-12-9-20(10-13-30)29-25(32)22-15-28-23-8-7-18(16-31(22)23)21-6-3-11-27-24(21)17-4-2-5-19(26)14-17/h2-8,11,14-16,20H,9-10,12-13H2,1H3,(H,29,32). The van der Waals surface area contributed by atoms with Crippen molar-refractivity contribution in [1.82, 2.24) is 24.6 Å². The number of hydrogen-bond acceptors (Lipinski definition) is 4. The first-order valence-electron chi connectivity index (χ1n) is 10.8. The Morgan fingerprint density at radius 1 is 1.06 bits per heavy atom. The second-order valence-electron chi connectivity index (χ2n) is 8.25. The lowest BCUT2D eigenvalue weighted by Gasteiger charge is -2.29. The molecule has 1 amide bonds. The van der Waals surface area contributed by atoms with Gasteiger partial charge in [-0.05, 0) is 63.3 Å². The molecule has 5 rings (SSSR count). The third-order valence-corrected chi connectivity index (χ3v) is 6.24. The topological polar surface area (TPSA) is 62.5 Å². The van der Waals surface area contributed by atoms with Gasteiger partial charge < -0.3 is 10.2 Å². The Hall–Kier alpha value is -3.22. The van der Waals surface area contributed by atoms with Crippen LogP contribution in [0.4, 0.5) is 0 Å². The van der Waals surface area contributed by atoms with E-state index in [0.29, 0.717) is 10.7 Å². The molecule has 162 valence electrons. The van der Waals surface area contributed by atoms with Crippen molar-refractivity contribution in [3.8, 4) is 22.4 Å². The summed E-state index contributed by atoms with van der Waals surface area (Å²) in [6.45, 7) is 1.99. The predicted molar refractivity (Wildman–Crippen MR) is 127 cm³/mol. The largest absolute Gasteiger partial charge is 0.348 e. The zero-order valence-corrected chi connectivity index (χ0v) is 18.6. The highest BCUT2D eigenvalue weighted by atomic mass is 35.5. The molecular weight excluding hydrogens is 422 g/mol. The summed E-state index contributed by atoms with van der Waals surface area (Å²) in [7, 11) is 2.11. The number of benzene rings is 1. The second-order valence-corrected chi connectivity index (χ2v) is 8.69. The molecule has 6 nitrogen and oxygen atoms in total. The smallest absolute Gasteiger partial charge is 0.270 e. The van der Waals surface area contributed by atoms with Crippen molar-refractivity contribution in [1.29, 1.82) is 0 Å². The number of carbonyl (C=O) groups is 1. The third kappa shape index (κ3) is 4.11. The van der Waals surface area contributed by atoms with Crippen LogP contribution in [0.25, 0.3) is 28.0 Å². The van der Waals surface area contributed by atoms with Crippen LogP contribution in [0.2, 0.25) is 5.02 Å². The number of likely N-dealkylation sites (tertiary alicyclic amines) is 1. The maximum absolute atomic E-state index is 13.0. The molecule has 32 heavy (non-hydrogen) atoms. The molecule has 1 aliphatic rings. The monoisotopic (exact) mass is 445 g/mol. The van der Waals surface area contributed by atoms with Gasteiger partial charge in [0.15, 0.2) is 0 Å². The molecule has 1 fully saturated rings. The first-order chi connectivity index (χ1) is 15.6. The maximum atomic E-state index is 13.0. The van der Waals surface area contributed by atoms with Crippen molar-refractivity contribution in [2.45, 2.75) is 18.9 Å². The van der Waals surface area contributed by atoms with Crippen LogP contribution in [0.1, 0.15) is 23.3 Å². The van der Waals surface area contributed by atoms with Gasteiger partial charge in [-0.3, -0.25) is 14.2 Å². The first kappa shape index (κ1) is 20.7. The van der Waals surface area contributed by atoms with Gasteiger partial charge in [0.25, 0.3) is 5.91 Å². The van der Waals surface area contributed by atoms with Crippen LogP contribution < -0.4 is 5.32 Å². The molecule has 0 radical (unpaired) electrons. The molecular formula is C25H24ClN5O. The summed E-state index contributed by atoms with van der Waals surface area (Å²) in [4.78, 5) is 24.4. The van der Waals surface area contributed by atoms with Gasteiger partial charge in [-0.15, -0.1) is 0 Å². The number of nitrogens with one attached hydrogen (secondary N) is 1. The van der Waals surface area contributed by atoms with Crippen molar-refractivity contribution in [2.24, 2.45) is 0 Å². The van der Waals surface area contributed by atoms with Gasteiger partial charge in [-0.2, -0.15) is 0 Å². The van der Waals surface area contributed by atoms with Crippen LogP contribution in [0.3, 0.4) is 0 Å². The second kappa shape index (κ2) is 8.73. The molecule has 4 heterocycles. The molecule has 1 aliphatic heterocycles. The Labute approximate surface area is 191 Å². The Kier molecular flexibility index (Phi) is 5.64. The molecule has 4 aromatic rings. The lowest BCUT2D eigenvalue weighted by molar-refractivity contribution is 0.0911. The van der Waals surface area contributed by atoms with Gasteiger partial charge in [-0.25, -0.2) is 4.98 Å². The van der Waals surface area contributed by atoms with Crippen molar-refractivity contribution in [3.63, 3.8) is 0 Å². The molecule has 7 heteroatoms. The Morgan fingerprint density at radius 3 is 2.72 bits per heavy atom. The van der Waals surface area contributed by atoms with E-state index >= 15 is 0 Å². The summed E-state index contributed by atoms with van der Waals surface area (Å²) in [6, 6.07) is 15.7. The Morgan fingerprint density at radius 2 is 1.91 bits per heavy atom. The zero-order chi connectivity index (χ0) is 22.1. The van der Waals surface area contributed by atoms with Crippen molar-refractivity contribution in [2.75, 3.05) is 20.1 Å². The molecule has 0 spiro atoms. The van der Waals surface area contributed by atoms with Crippen molar-refractivity contribution < 1.29 is 4.79 Å². The Balaban J connectivity index is 1.49. The number of aromatic nitrogens is 3. The number of fused-ring (bicyclic) bond motifs is 1. The lowest BCUT2D eigenvalue weighted by atomic mass is 10.0. The lowest BCUT2D eigenvalue weighted by Crippen LogP contribution is -2.43. The molecule has 0 bridgehead atoms. The average molecular weight is 446 g/mol. The summed E-state index contributed by atoms with van der Waals surface area (Å²) in [5, 5.41) is 3.85. The van der Waals surface area contributed by atoms with Crippen LogP contribution in [-0.2, 0) is 0 Å². The van der Waals surface area contributed by atoms with E-state index in [-0.39, 0.29) is 11.9 Å². The molecule has 3 aromatic heterocycles. The predicted octanol–water partition coefficient (Wildman–Crippen LogP) is 4.54. The van der Waals surface area contributed by atoms with Gasteiger partial charge >= 0.3 is 0 Å². The van der Waals surface area contributed by atoms with E-state index in [1.165, 1.54) is 0 Å². The Bertz CT molecular complexity index is 1280. The summed E-state index contributed by atoms with van der Waals surface area (Å²) in [5.74, 6) is -0.0922. The fraction of sp³-hybridized carbons (Fsp3) is 0.240. The molecule has 0 unspecified atom stereocenters. The van der Waals surface area contributed by atoms with E-state index in [9.17, 15) is 4.79 Å². The number of piperidine rings is 1. The highest BCUT2D eigenvalue weighted by Gasteiger charge is 2.21. The fourth-order valence-corrected chi connectivity index (χ4v) is 4.41. The van der Waals surface area contributed by atoms with E-state index in [1.807, 2.05) is 59.1 Å². The highest BCUT2D eigenvalue weighted by molar-refractivity contribution is 6.30. The summed E-state index contributed by atoms with van der Waals surface area (Å²) in [6.07, 6.45) is 7.29. The van der Waals surface area contributed by atoms with Crippen LogP contribution in [0, 0.1) is 0 Å². The van der Waals surface area contributed by atoms with E-state index in [4.69, 9.17) is 11.6 Å². The number of nitrogens with zero attached hydrogens (tertiary/aromatic N) is 4. The molecule has 1 saturated heterocycles. The molecule has 1 N–H and O–H groups in total. The van der Waals surface area contributed by atoms with Gasteiger partial charge in [0.2, 0.25) is 0 Å². The van der Waals surface area contributed by atoms with E-state index in [1.54, 1.807) is 12.4 Å². The van der Waals surface area contributed by atoms with E-state index in [2.05, 4.69) is 27.2 Å². The number of imidazole rings is 1. The molecule has 0 aliphatic carbocycles. The van der Waals surface area contributed by atoms with Gasteiger partial charge in [0.1, 0.15) is 11.3 Å². The number of amides is 1. The highest BCUT2D eigenvalue weighted by Crippen LogP contribution is 2.31. The van der Waals surface area contributed by atoms with Crippen LogP contribution in [0.5, 0.6) is 0 Å². The number of rotatable bonds is 4. The van der Waals surface area contributed by atoms with E-state index in [0.717, 1.165) is 54.0 Å². The summed E-state index contributed by atoms with van der Waals surface area (Å²) in [5.41, 5.74) is 4.97. The number of carbonyl (C=O) groups excluding carboxylic acids is 1. The SMILES string of the molecule is CN1CCC(NC(=O)c2cnc3ccc(-c4cccnc4-c4cccc(Cl)c4)cn23)CC1. The summed E-state index contributed by atoms with van der Waals surface area (Å²) >= 11 is 6.21. The first-order valence-corrected chi connectivity index (χ1v) is 11.1. The van der Waals surface area contributed by atoms with Crippen LogP contribution in [-0.4, -0.2) is 51.4 Å². The molecule has 1 aromatic carbocycles. The van der Waals surface area contributed by atoms with E-state index < -0.39 is 0 Å². The fourth-order valence-electron chi connectivity index (χ4n) is 4.22. The van der Waals surface area contributed by atoms with Crippen molar-refractivity contribution in [3.05, 3.63) is 77.8 Å². The van der Waals surface area contributed by atoms with Gasteiger partial charge in [0, 0.05) is 40.1 Å². The summed E-state index contributed by atoms with van der Waals surface area (Å²) < 4.78 is 1.86. The minimum atomic E-state index is -0.0922. The normalized spacial score (nSPS) is 15.2. The van der Waals surface area contributed by atoms with Gasteiger partial charge in [-0.1, -0.05) is 29.8 Å². The maximum Gasteiger partial charge on any atom is 0.270 e. The molecule has 0 atom stereocenters. The molecule has 0 saturated carbocycles. The number of hydrogen-bond donors (Lipinski definition) is 1. The van der Waals surface area contributed by atoms with Gasteiger partial charge in [0.05, 0.1) is 11.9 Å². The van der Waals surface area contributed by atoms with Crippen LogP contribution in [0.15, 0.2) is 67.1 Å². The quantitative estimate of drug-likeness (QED) is 0.501. The van der Waals surface area contributed by atoms with Crippen LogP contribution >= 0.6 is 11.6 Å². The number of halogens is 1. The minimum Gasteiger partial charge on any atom is -0.348 e. The average Bonchev–Trinajstić information content (AvgIpc) is 3.24. The van der Waals surface area contributed by atoms with Crippen molar-refractivity contribution >= 4 is 23.2 Å². The zero-order valence-electron chi connectivity index (χ0n) is 17.8. The third-order valence-electron chi connectivity index (χ3n) is 6.01.